The Labute approximate surface area is 134 Å². The van der Waals surface area contributed by atoms with Crippen LogP contribution in [0.15, 0.2) is 29.3 Å². The molecule has 114 valence electrons. The Balaban J connectivity index is 2.36. The standard InChI is InChI=1S/C19H27NS/c1-3-8-16(4-2)19(13-6-5-7-14-19)17-9-11-18(12-10-17)20-15-21/h9-12,16H,3-8,13-14H2,1-2H3. The summed E-state index contributed by atoms with van der Waals surface area (Å²) in [6.07, 6.45) is 10.8. The number of rotatable bonds is 6. The molecule has 1 aromatic carbocycles. The second-order valence-electron chi connectivity index (χ2n) is 6.36. The van der Waals surface area contributed by atoms with E-state index in [-0.39, 0.29) is 0 Å². The molecule has 0 heterocycles. The molecule has 0 spiro atoms. The van der Waals surface area contributed by atoms with E-state index in [1.807, 2.05) is 0 Å². The molecule has 21 heavy (non-hydrogen) atoms. The monoisotopic (exact) mass is 301 g/mol. The van der Waals surface area contributed by atoms with E-state index in [1.165, 1.54) is 56.9 Å². The highest BCUT2D eigenvalue weighted by atomic mass is 32.1. The van der Waals surface area contributed by atoms with Crippen molar-refractivity contribution >= 4 is 23.1 Å². The fourth-order valence-electron chi connectivity index (χ4n) is 4.26. The first-order chi connectivity index (χ1) is 10.3. The fourth-order valence-corrected chi connectivity index (χ4v) is 4.36. The summed E-state index contributed by atoms with van der Waals surface area (Å²) in [4.78, 5) is 4.08. The van der Waals surface area contributed by atoms with Crippen molar-refractivity contribution in [1.82, 2.24) is 0 Å². The molecule has 1 aliphatic carbocycles. The Hall–Kier alpha value is -0.980. The molecule has 1 atom stereocenters. The van der Waals surface area contributed by atoms with E-state index in [0.717, 1.165) is 11.6 Å². The van der Waals surface area contributed by atoms with Gasteiger partial charge in [0.1, 0.15) is 0 Å². The van der Waals surface area contributed by atoms with Crippen molar-refractivity contribution in [2.45, 2.75) is 70.6 Å². The molecule has 0 bridgehead atoms. The molecular formula is C19H27NS. The van der Waals surface area contributed by atoms with Crippen LogP contribution < -0.4 is 0 Å². The van der Waals surface area contributed by atoms with Gasteiger partial charge in [-0.15, -0.1) is 0 Å². The summed E-state index contributed by atoms with van der Waals surface area (Å²) in [7, 11) is 0. The van der Waals surface area contributed by atoms with Crippen molar-refractivity contribution in [2.24, 2.45) is 10.9 Å². The van der Waals surface area contributed by atoms with Crippen LogP contribution >= 0.6 is 12.2 Å². The van der Waals surface area contributed by atoms with Crippen LogP contribution in [0.1, 0.15) is 70.8 Å². The zero-order valence-electron chi connectivity index (χ0n) is 13.4. The number of aliphatic imine (C=N–C) groups is 1. The van der Waals surface area contributed by atoms with Crippen molar-refractivity contribution in [3.8, 4) is 0 Å². The van der Waals surface area contributed by atoms with Gasteiger partial charge in [0.15, 0.2) is 0 Å². The predicted octanol–water partition coefficient (Wildman–Crippen LogP) is 6.45. The Morgan fingerprint density at radius 3 is 2.33 bits per heavy atom. The summed E-state index contributed by atoms with van der Waals surface area (Å²) >= 11 is 4.69. The van der Waals surface area contributed by atoms with E-state index < -0.39 is 0 Å². The molecule has 1 aromatic rings. The van der Waals surface area contributed by atoms with Gasteiger partial charge in [0.25, 0.3) is 0 Å². The highest BCUT2D eigenvalue weighted by Crippen LogP contribution is 2.48. The average molecular weight is 301 g/mol. The molecule has 0 saturated heterocycles. The second kappa shape index (κ2) is 7.87. The number of thiocarbonyl (C=S) groups is 1. The lowest BCUT2D eigenvalue weighted by molar-refractivity contribution is 0.173. The minimum atomic E-state index is 0.392. The van der Waals surface area contributed by atoms with Crippen molar-refractivity contribution < 1.29 is 0 Å². The lowest BCUT2D eigenvalue weighted by atomic mass is 9.60. The molecule has 2 rings (SSSR count). The number of benzene rings is 1. The van der Waals surface area contributed by atoms with Crippen molar-refractivity contribution in [3.63, 3.8) is 0 Å². The average Bonchev–Trinajstić information content (AvgIpc) is 2.54. The highest BCUT2D eigenvalue weighted by molar-refractivity contribution is 7.78. The predicted molar refractivity (Wildman–Crippen MR) is 94.6 cm³/mol. The second-order valence-corrected chi connectivity index (χ2v) is 6.54. The van der Waals surface area contributed by atoms with Crippen LogP contribution in [0.5, 0.6) is 0 Å². The number of nitrogens with zero attached hydrogens (tertiary/aromatic N) is 1. The van der Waals surface area contributed by atoms with Gasteiger partial charge in [-0.1, -0.05) is 58.1 Å². The topological polar surface area (TPSA) is 12.4 Å². The molecule has 1 unspecified atom stereocenters. The molecule has 1 nitrogen and oxygen atoms in total. The van der Waals surface area contributed by atoms with E-state index in [1.54, 1.807) is 0 Å². The van der Waals surface area contributed by atoms with E-state index in [0.29, 0.717) is 5.41 Å². The highest BCUT2D eigenvalue weighted by Gasteiger charge is 2.39. The third kappa shape index (κ3) is 3.62. The van der Waals surface area contributed by atoms with E-state index in [2.05, 4.69) is 48.3 Å². The summed E-state index contributed by atoms with van der Waals surface area (Å²) in [5, 5.41) is 2.46. The van der Waals surface area contributed by atoms with Crippen molar-refractivity contribution in [1.29, 1.82) is 0 Å². The summed E-state index contributed by atoms with van der Waals surface area (Å²) in [6, 6.07) is 8.78. The third-order valence-corrected chi connectivity index (χ3v) is 5.37. The number of isothiocyanates is 1. The van der Waals surface area contributed by atoms with Crippen molar-refractivity contribution in [2.75, 3.05) is 0 Å². The lowest BCUT2D eigenvalue weighted by Gasteiger charge is -2.44. The molecule has 0 aliphatic heterocycles. The smallest absolute Gasteiger partial charge is 0.0739 e. The first-order valence-corrected chi connectivity index (χ1v) is 8.86. The van der Waals surface area contributed by atoms with Crippen LogP contribution in [-0.2, 0) is 5.41 Å². The maximum absolute atomic E-state index is 4.69. The Bertz CT molecular complexity index is 479. The van der Waals surface area contributed by atoms with Crippen LogP contribution in [0.4, 0.5) is 5.69 Å². The maximum atomic E-state index is 4.69. The van der Waals surface area contributed by atoms with Crippen LogP contribution in [0, 0.1) is 5.92 Å². The van der Waals surface area contributed by atoms with Crippen LogP contribution in [0.2, 0.25) is 0 Å². The van der Waals surface area contributed by atoms with Crippen LogP contribution in [0.3, 0.4) is 0 Å². The largest absolute Gasteiger partial charge is 0.195 e. The molecule has 1 fully saturated rings. The van der Waals surface area contributed by atoms with Gasteiger partial charge in [-0.25, -0.2) is 0 Å². The molecule has 0 radical (unpaired) electrons. The molecule has 1 aliphatic rings. The summed E-state index contributed by atoms with van der Waals surface area (Å²) in [5.41, 5.74) is 2.83. The van der Waals surface area contributed by atoms with Crippen LogP contribution in [0.25, 0.3) is 0 Å². The van der Waals surface area contributed by atoms with E-state index in [9.17, 15) is 0 Å². The number of hydrogen-bond acceptors (Lipinski definition) is 2. The minimum absolute atomic E-state index is 0.392. The lowest BCUT2D eigenvalue weighted by Crippen LogP contribution is -2.37. The van der Waals surface area contributed by atoms with Gasteiger partial charge in [0.2, 0.25) is 0 Å². The van der Waals surface area contributed by atoms with Gasteiger partial charge in [0.05, 0.1) is 10.8 Å². The molecule has 0 amide bonds. The summed E-state index contributed by atoms with van der Waals surface area (Å²) in [5.74, 6) is 0.808. The van der Waals surface area contributed by atoms with Crippen LogP contribution in [-0.4, -0.2) is 5.16 Å². The summed E-state index contributed by atoms with van der Waals surface area (Å²) in [6.45, 7) is 4.68. The fraction of sp³-hybridized carbons (Fsp3) is 0.632. The number of hydrogen-bond donors (Lipinski definition) is 0. The Morgan fingerprint density at radius 2 is 1.81 bits per heavy atom. The SMILES string of the molecule is CCCC(CC)C1(c2ccc(N=C=S)cc2)CCCCC1. The van der Waals surface area contributed by atoms with Crippen molar-refractivity contribution in [3.05, 3.63) is 29.8 Å². The Kier molecular flexibility index (Phi) is 6.14. The zero-order chi connectivity index (χ0) is 15.1. The van der Waals surface area contributed by atoms with E-state index >= 15 is 0 Å². The molecule has 2 heteroatoms. The minimum Gasteiger partial charge on any atom is -0.195 e. The van der Waals surface area contributed by atoms with E-state index in [4.69, 9.17) is 12.2 Å². The molecular weight excluding hydrogens is 274 g/mol. The zero-order valence-corrected chi connectivity index (χ0v) is 14.2. The Morgan fingerprint density at radius 1 is 1.14 bits per heavy atom. The quantitative estimate of drug-likeness (QED) is 0.434. The normalized spacial score (nSPS) is 18.8. The molecule has 1 saturated carbocycles. The van der Waals surface area contributed by atoms with Gasteiger partial charge in [-0.3, -0.25) is 0 Å². The van der Waals surface area contributed by atoms with Gasteiger partial charge in [0, 0.05) is 0 Å². The van der Waals surface area contributed by atoms with Gasteiger partial charge in [-0.05, 0) is 60.5 Å². The summed E-state index contributed by atoms with van der Waals surface area (Å²) < 4.78 is 0. The van der Waals surface area contributed by atoms with Gasteiger partial charge in [-0.2, -0.15) is 4.99 Å². The molecule has 0 N–H and O–H groups in total. The first kappa shape index (κ1) is 16.4. The van der Waals surface area contributed by atoms with Gasteiger partial charge < -0.3 is 0 Å². The third-order valence-electron chi connectivity index (χ3n) is 5.27. The maximum Gasteiger partial charge on any atom is 0.0739 e. The first-order valence-electron chi connectivity index (χ1n) is 8.45. The molecule has 0 aromatic heterocycles. The van der Waals surface area contributed by atoms with Gasteiger partial charge >= 0.3 is 0 Å².